The van der Waals surface area contributed by atoms with E-state index in [9.17, 15) is 8.42 Å². The fourth-order valence-electron chi connectivity index (χ4n) is 4.14. The van der Waals surface area contributed by atoms with E-state index in [-0.39, 0.29) is 18.1 Å². The standard InChI is InChI=1S/C25H30N2O5S/c1-19-4-6-24(7-5-19)33(28,29)31-16-23-15-30-25(32-23,17-27-11-10-26-18-27)9-8-22-13-20(2)12-21(3)14-22/h4-7,10-14,18,23H,8-9,15-17H2,1-3H3/t23-,25+/m1/s1. The van der Waals surface area contributed by atoms with Crippen molar-refractivity contribution in [3.05, 3.63) is 83.4 Å². The lowest BCUT2D eigenvalue weighted by Gasteiger charge is -2.28. The van der Waals surface area contributed by atoms with Gasteiger partial charge in [-0.25, -0.2) is 4.98 Å². The van der Waals surface area contributed by atoms with Gasteiger partial charge in [0.2, 0.25) is 0 Å². The molecule has 2 aromatic carbocycles. The van der Waals surface area contributed by atoms with Crippen LogP contribution in [0.25, 0.3) is 0 Å². The molecule has 0 aliphatic carbocycles. The summed E-state index contributed by atoms with van der Waals surface area (Å²) in [5.74, 6) is -0.889. The van der Waals surface area contributed by atoms with Crippen LogP contribution in [0.15, 0.2) is 66.1 Å². The van der Waals surface area contributed by atoms with Gasteiger partial charge in [0.05, 0.1) is 31.0 Å². The summed E-state index contributed by atoms with van der Waals surface area (Å²) >= 11 is 0. The van der Waals surface area contributed by atoms with E-state index in [0.29, 0.717) is 13.0 Å². The Morgan fingerprint density at radius 3 is 2.48 bits per heavy atom. The molecule has 0 unspecified atom stereocenters. The number of ether oxygens (including phenoxy) is 2. The van der Waals surface area contributed by atoms with Gasteiger partial charge in [-0.05, 0) is 44.9 Å². The van der Waals surface area contributed by atoms with E-state index in [1.165, 1.54) is 16.7 Å². The average Bonchev–Trinajstić information content (AvgIpc) is 3.41. The third kappa shape index (κ3) is 6.09. The van der Waals surface area contributed by atoms with Crippen LogP contribution in [0.1, 0.15) is 28.7 Å². The summed E-state index contributed by atoms with van der Waals surface area (Å²) in [7, 11) is -3.87. The van der Waals surface area contributed by atoms with Crippen molar-refractivity contribution in [2.75, 3.05) is 13.2 Å². The van der Waals surface area contributed by atoms with Gasteiger partial charge >= 0.3 is 0 Å². The lowest BCUT2D eigenvalue weighted by Crippen LogP contribution is -2.37. The molecule has 0 saturated carbocycles. The normalized spacial score (nSPS) is 20.9. The Kier molecular flexibility index (Phi) is 6.99. The van der Waals surface area contributed by atoms with E-state index >= 15 is 0 Å². The molecule has 0 bridgehead atoms. The second-order valence-corrected chi connectivity index (χ2v) is 10.4. The number of aryl methyl sites for hydroxylation is 4. The van der Waals surface area contributed by atoms with Crippen LogP contribution in [0.4, 0.5) is 0 Å². The molecule has 3 aromatic rings. The summed E-state index contributed by atoms with van der Waals surface area (Å²) in [6.45, 7) is 6.68. The van der Waals surface area contributed by atoms with Crippen molar-refractivity contribution in [3.8, 4) is 0 Å². The van der Waals surface area contributed by atoms with Gasteiger partial charge in [-0.1, -0.05) is 47.0 Å². The third-order valence-electron chi connectivity index (χ3n) is 5.69. The molecular weight excluding hydrogens is 440 g/mol. The molecule has 0 amide bonds. The number of benzene rings is 2. The van der Waals surface area contributed by atoms with Crippen LogP contribution in [-0.2, 0) is 36.7 Å². The smallest absolute Gasteiger partial charge is 0.297 e. The maximum absolute atomic E-state index is 12.6. The van der Waals surface area contributed by atoms with Crippen LogP contribution in [0, 0.1) is 20.8 Å². The Hall–Kier alpha value is -2.52. The zero-order valence-electron chi connectivity index (χ0n) is 19.2. The molecule has 1 aliphatic rings. The van der Waals surface area contributed by atoms with Gasteiger partial charge in [0.25, 0.3) is 10.1 Å². The predicted octanol–water partition coefficient (Wildman–Crippen LogP) is 3.96. The minimum atomic E-state index is -3.87. The first-order chi connectivity index (χ1) is 15.7. The highest BCUT2D eigenvalue weighted by molar-refractivity contribution is 7.86. The minimum Gasteiger partial charge on any atom is -0.345 e. The first-order valence-corrected chi connectivity index (χ1v) is 12.4. The fourth-order valence-corrected chi connectivity index (χ4v) is 5.07. The molecule has 1 aliphatic heterocycles. The predicted molar refractivity (Wildman–Crippen MR) is 124 cm³/mol. The number of rotatable bonds is 9. The molecule has 1 saturated heterocycles. The summed E-state index contributed by atoms with van der Waals surface area (Å²) in [6.07, 6.45) is 6.18. The van der Waals surface area contributed by atoms with Gasteiger partial charge in [-0.2, -0.15) is 8.42 Å². The molecule has 2 atom stereocenters. The molecule has 4 rings (SSSR count). The van der Waals surface area contributed by atoms with Crippen molar-refractivity contribution < 1.29 is 22.1 Å². The summed E-state index contributed by atoms with van der Waals surface area (Å²) in [5, 5.41) is 0. The number of hydrogen-bond acceptors (Lipinski definition) is 6. The Bertz CT molecular complexity index is 1160. The molecule has 0 N–H and O–H groups in total. The average molecular weight is 471 g/mol. The van der Waals surface area contributed by atoms with Gasteiger partial charge in [-0.15, -0.1) is 0 Å². The molecule has 176 valence electrons. The Morgan fingerprint density at radius 1 is 1.09 bits per heavy atom. The molecule has 1 aromatic heterocycles. The molecule has 8 heteroatoms. The van der Waals surface area contributed by atoms with Crippen LogP contribution in [0.3, 0.4) is 0 Å². The zero-order valence-corrected chi connectivity index (χ0v) is 20.0. The van der Waals surface area contributed by atoms with E-state index in [1.54, 1.807) is 36.8 Å². The highest BCUT2D eigenvalue weighted by atomic mass is 32.2. The lowest BCUT2D eigenvalue weighted by molar-refractivity contribution is -0.184. The second-order valence-electron chi connectivity index (χ2n) is 8.74. The monoisotopic (exact) mass is 470 g/mol. The molecule has 2 heterocycles. The Labute approximate surface area is 195 Å². The van der Waals surface area contributed by atoms with Crippen LogP contribution >= 0.6 is 0 Å². The Balaban J connectivity index is 1.44. The van der Waals surface area contributed by atoms with Gasteiger partial charge in [0, 0.05) is 18.8 Å². The molecule has 0 radical (unpaired) electrons. The summed E-state index contributed by atoms with van der Waals surface area (Å²) in [5.41, 5.74) is 4.63. The molecular formula is C25H30N2O5S. The number of imidazole rings is 1. The molecule has 1 fully saturated rings. The van der Waals surface area contributed by atoms with E-state index in [0.717, 1.165) is 12.0 Å². The van der Waals surface area contributed by atoms with Gasteiger partial charge in [0.15, 0.2) is 5.79 Å². The van der Waals surface area contributed by atoms with E-state index in [4.69, 9.17) is 13.7 Å². The topological polar surface area (TPSA) is 79.7 Å². The van der Waals surface area contributed by atoms with Crippen molar-refractivity contribution in [2.45, 2.75) is 56.9 Å². The van der Waals surface area contributed by atoms with Crippen molar-refractivity contribution >= 4 is 10.1 Å². The first kappa shape index (κ1) is 23.6. The second kappa shape index (κ2) is 9.77. The van der Waals surface area contributed by atoms with Gasteiger partial charge < -0.3 is 14.0 Å². The minimum absolute atomic E-state index is 0.106. The number of hydrogen-bond donors (Lipinski definition) is 0. The Morgan fingerprint density at radius 2 is 1.82 bits per heavy atom. The maximum atomic E-state index is 12.6. The number of nitrogens with zero attached hydrogens (tertiary/aromatic N) is 2. The molecule has 33 heavy (non-hydrogen) atoms. The summed E-state index contributed by atoms with van der Waals surface area (Å²) < 4.78 is 44.8. The molecule has 7 nitrogen and oxygen atoms in total. The number of aromatic nitrogens is 2. The maximum Gasteiger partial charge on any atom is 0.297 e. The summed E-state index contributed by atoms with van der Waals surface area (Å²) in [4.78, 5) is 4.24. The quantitative estimate of drug-likeness (QED) is 0.441. The largest absolute Gasteiger partial charge is 0.345 e. The van der Waals surface area contributed by atoms with E-state index < -0.39 is 22.0 Å². The third-order valence-corrected chi connectivity index (χ3v) is 6.99. The van der Waals surface area contributed by atoms with Crippen molar-refractivity contribution in [1.82, 2.24) is 9.55 Å². The van der Waals surface area contributed by atoms with Gasteiger partial charge in [0.1, 0.15) is 6.10 Å². The van der Waals surface area contributed by atoms with Crippen molar-refractivity contribution in [2.24, 2.45) is 0 Å². The highest BCUT2D eigenvalue weighted by Gasteiger charge is 2.42. The summed E-state index contributed by atoms with van der Waals surface area (Å²) in [6, 6.07) is 13.1. The van der Waals surface area contributed by atoms with Crippen molar-refractivity contribution in [3.63, 3.8) is 0 Å². The van der Waals surface area contributed by atoms with Crippen LogP contribution in [0.2, 0.25) is 0 Å². The van der Waals surface area contributed by atoms with E-state index in [1.807, 2.05) is 17.7 Å². The fraction of sp³-hybridized carbons (Fsp3) is 0.400. The van der Waals surface area contributed by atoms with Crippen molar-refractivity contribution in [1.29, 1.82) is 0 Å². The van der Waals surface area contributed by atoms with Gasteiger partial charge in [-0.3, -0.25) is 4.18 Å². The lowest BCUT2D eigenvalue weighted by atomic mass is 10.0. The first-order valence-electron chi connectivity index (χ1n) is 11.0. The zero-order chi connectivity index (χ0) is 23.5. The molecule has 0 spiro atoms. The van der Waals surface area contributed by atoms with Crippen LogP contribution in [-0.4, -0.2) is 43.1 Å². The SMILES string of the molecule is Cc1ccc(S(=O)(=O)OC[C@H]2CO[C@](CCc3cc(C)cc(C)c3)(Cn3ccnc3)O2)cc1. The van der Waals surface area contributed by atoms with Crippen LogP contribution in [0.5, 0.6) is 0 Å². The highest BCUT2D eigenvalue weighted by Crippen LogP contribution is 2.32. The van der Waals surface area contributed by atoms with Crippen LogP contribution < -0.4 is 0 Å². The van der Waals surface area contributed by atoms with E-state index in [2.05, 4.69) is 37.0 Å².